The molecule has 0 amide bonds. The zero-order chi connectivity index (χ0) is 9.42. The third-order valence-electron chi connectivity index (χ3n) is 2.16. The van der Waals surface area contributed by atoms with Crippen LogP contribution in [0.3, 0.4) is 0 Å². The zero-order valence-electron chi connectivity index (χ0n) is 8.10. The normalized spacial score (nSPS) is 10.7. The summed E-state index contributed by atoms with van der Waals surface area (Å²) in [4.78, 5) is 7.61. The molecule has 0 radical (unpaired) electrons. The van der Waals surface area contributed by atoms with E-state index in [4.69, 9.17) is 0 Å². The van der Waals surface area contributed by atoms with Gasteiger partial charge in [0.2, 0.25) is 5.95 Å². The van der Waals surface area contributed by atoms with E-state index >= 15 is 0 Å². The van der Waals surface area contributed by atoms with Crippen LogP contribution in [0.1, 0.15) is 11.1 Å². The summed E-state index contributed by atoms with van der Waals surface area (Å²) >= 11 is 0. The van der Waals surface area contributed by atoms with E-state index in [2.05, 4.69) is 41.3 Å². The fraction of sp³-hybridized carbons (Fsp3) is 0.300. The molecule has 0 fully saturated rings. The Morgan fingerprint density at radius 1 is 1.31 bits per heavy atom. The average molecular weight is 175 g/mol. The summed E-state index contributed by atoms with van der Waals surface area (Å²) < 4.78 is 0. The molecule has 0 bridgehead atoms. The number of fused-ring (bicyclic) bond motifs is 1. The zero-order valence-corrected chi connectivity index (χ0v) is 8.10. The molecule has 0 atom stereocenters. The van der Waals surface area contributed by atoms with Crippen molar-refractivity contribution in [1.29, 1.82) is 0 Å². The van der Waals surface area contributed by atoms with Crippen LogP contribution in [0.2, 0.25) is 0 Å². The lowest BCUT2D eigenvalue weighted by atomic mass is 10.1. The standard InChI is InChI=1S/C10H13N3/c1-6-4-7(2)9-8(5-6)12-10(11-3)13-9/h4-5H,1-3H3,(H2,11,12,13). The van der Waals surface area contributed by atoms with E-state index in [0.717, 1.165) is 17.0 Å². The average Bonchev–Trinajstić information content (AvgIpc) is 2.47. The molecular weight excluding hydrogens is 162 g/mol. The van der Waals surface area contributed by atoms with Crippen LogP contribution in [-0.4, -0.2) is 17.0 Å². The predicted molar refractivity (Wildman–Crippen MR) is 55.1 cm³/mol. The van der Waals surface area contributed by atoms with Gasteiger partial charge >= 0.3 is 0 Å². The second-order valence-electron chi connectivity index (χ2n) is 3.31. The van der Waals surface area contributed by atoms with Gasteiger partial charge in [-0.3, -0.25) is 0 Å². The number of anilines is 1. The van der Waals surface area contributed by atoms with Gasteiger partial charge in [-0.25, -0.2) is 4.98 Å². The van der Waals surface area contributed by atoms with E-state index in [0.29, 0.717) is 0 Å². The summed E-state index contributed by atoms with van der Waals surface area (Å²) in [6.07, 6.45) is 0. The first-order valence-electron chi connectivity index (χ1n) is 4.35. The highest BCUT2D eigenvalue weighted by Gasteiger charge is 2.03. The number of hydrogen-bond donors (Lipinski definition) is 2. The maximum Gasteiger partial charge on any atom is 0.200 e. The monoisotopic (exact) mass is 175 g/mol. The molecule has 0 aliphatic carbocycles. The van der Waals surface area contributed by atoms with Gasteiger partial charge in [-0.15, -0.1) is 0 Å². The number of rotatable bonds is 1. The number of aromatic amines is 1. The van der Waals surface area contributed by atoms with Crippen LogP contribution in [0.4, 0.5) is 5.95 Å². The largest absolute Gasteiger partial charge is 0.359 e. The quantitative estimate of drug-likeness (QED) is 0.697. The van der Waals surface area contributed by atoms with Gasteiger partial charge in [-0.05, 0) is 31.0 Å². The van der Waals surface area contributed by atoms with E-state index in [1.165, 1.54) is 11.1 Å². The molecule has 1 aromatic heterocycles. The van der Waals surface area contributed by atoms with Gasteiger partial charge in [0, 0.05) is 7.05 Å². The minimum absolute atomic E-state index is 0.823. The van der Waals surface area contributed by atoms with Crippen molar-refractivity contribution < 1.29 is 0 Å². The van der Waals surface area contributed by atoms with Gasteiger partial charge in [0.05, 0.1) is 11.0 Å². The number of nitrogens with one attached hydrogen (secondary N) is 2. The molecule has 2 aromatic rings. The molecule has 0 aliphatic rings. The lowest BCUT2D eigenvalue weighted by Gasteiger charge is -1.95. The molecule has 0 saturated heterocycles. The second-order valence-corrected chi connectivity index (χ2v) is 3.31. The first-order chi connectivity index (χ1) is 6.20. The molecule has 0 saturated carbocycles. The van der Waals surface area contributed by atoms with E-state index in [1.807, 2.05) is 7.05 Å². The SMILES string of the molecule is CNc1nc2c(C)cc(C)cc2[nH]1. The van der Waals surface area contributed by atoms with Crippen LogP contribution in [-0.2, 0) is 0 Å². The molecule has 0 unspecified atom stereocenters. The first-order valence-corrected chi connectivity index (χ1v) is 4.35. The maximum atomic E-state index is 4.41. The van der Waals surface area contributed by atoms with Crippen LogP contribution in [0.15, 0.2) is 12.1 Å². The molecule has 0 aliphatic heterocycles. The van der Waals surface area contributed by atoms with Crippen LogP contribution in [0, 0.1) is 13.8 Å². The lowest BCUT2D eigenvalue weighted by Crippen LogP contribution is -1.88. The number of aryl methyl sites for hydroxylation is 2. The van der Waals surface area contributed by atoms with Crippen LogP contribution in [0.5, 0.6) is 0 Å². The Labute approximate surface area is 77.2 Å². The van der Waals surface area contributed by atoms with Crippen molar-refractivity contribution in [3.05, 3.63) is 23.3 Å². The summed E-state index contributed by atoms with van der Waals surface area (Å²) in [5, 5.41) is 3.00. The molecule has 1 heterocycles. The van der Waals surface area contributed by atoms with Gasteiger partial charge in [0.1, 0.15) is 0 Å². The highest BCUT2D eigenvalue weighted by molar-refractivity contribution is 5.81. The van der Waals surface area contributed by atoms with Gasteiger partial charge in [0.25, 0.3) is 0 Å². The van der Waals surface area contributed by atoms with Crippen molar-refractivity contribution in [3.8, 4) is 0 Å². The Morgan fingerprint density at radius 3 is 2.77 bits per heavy atom. The fourth-order valence-electron chi connectivity index (χ4n) is 1.59. The number of nitrogens with zero attached hydrogens (tertiary/aromatic N) is 1. The topological polar surface area (TPSA) is 40.7 Å². The van der Waals surface area contributed by atoms with Crippen molar-refractivity contribution in [2.24, 2.45) is 0 Å². The third-order valence-corrected chi connectivity index (χ3v) is 2.16. The molecule has 1 aromatic carbocycles. The number of H-pyrrole nitrogens is 1. The van der Waals surface area contributed by atoms with E-state index < -0.39 is 0 Å². The Kier molecular flexibility index (Phi) is 1.72. The number of imidazole rings is 1. The van der Waals surface area contributed by atoms with Gasteiger partial charge < -0.3 is 10.3 Å². The summed E-state index contributed by atoms with van der Waals surface area (Å²) in [6, 6.07) is 4.25. The minimum Gasteiger partial charge on any atom is -0.359 e. The molecule has 2 rings (SSSR count). The lowest BCUT2D eigenvalue weighted by molar-refractivity contribution is 1.28. The molecular formula is C10H13N3. The number of benzene rings is 1. The van der Waals surface area contributed by atoms with Crippen molar-refractivity contribution >= 4 is 17.0 Å². The van der Waals surface area contributed by atoms with E-state index in [9.17, 15) is 0 Å². The summed E-state index contributed by atoms with van der Waals surface area (Å²) in [7, 11) is 1.86. The number of hydrogen-bond acceptors (Lipinski definition) is 2. The Morgan fingerprint density at radius 2 is 2.08 bits per heavy atom. The van der Waals surface area contributed by atoms with Crippen LogP contribution < -0.4 is 5.32 Å². The predicted octanol–water partition coefficient (Wildman–Crippen LogP) is 2.22. The summed E-state index contributed by atoms with van der Waals surface area (Å²) in [5.41, 5.74) is 4.63. The Bertz CT molecular complexity index is 443. The van der Waals surface area contributed by atoms with Gasteiger partial charge in [-0.1, -0.05) is 6.07 Å². The minimum atomic E-state index is 0.823. The highest BCUT2D eigenvalue weighted by atomic mass is 15.1. The maximum absolute atomic E-state index is 4.41. The van der Waals surface area contributed by atoms with Crippen molar-refractivity contribution in [2.75, 3.05) is 12.4 Å². The van der Waals surface area contributed by atoms with E-state index in [-0.39, 0.29) is 0 Å². The van der Waals surface area contributed by atoms with Crippen LogP contribution in [0.25, 0.3) is 11.0 Å². The molecule has 2 N–H and O–H groups in total. The first kappa shape index (κ1) is 8.10. The van der Waals surface area contributed by atoms with Crippen LogP contribution >= 0.6 is 0 Å². The Hall–Kier alpha value is -1.51. The smallest absolute Gasteiger partial charge is 0.200 e. The molecule has 3 nitrogen and oxygen atoms in total. The summed E-state index contributed by atoms with van der Waals surface area (Å²) in [5.74, 6) is 0.823. The highest BCUT2D eigenvalue weighted by Crippen LogP contribution is 2.19. The van der Waals surface area contributed by atoms with Crippen molar-refractivity contribution in [1.82, 2.24) is 9.97 Å². The van der Waals surface area contributed by atoms with E-state index in [1.54, 1.807) is 0 Å². The summed E-state index contributed by atoms with van der Waals surface area (Å²) in [6.45, 7) is 4.17. The Balaban J connectivity index is 2.75. The molecule has 0 spiro atoms. The van der Waals surface area contributed by atoms with Gasteiger partial charge in [0.15, 0.2) is 0 Å². The number of aromatic nitrogens is 2. The second kappa shape index (κ2) is 2.76. The molecule has 3 heteroatoms. The molecule has 13 heavy (non-hydrogen) atoms. The molecule has 68 valence electrons. The fourth-order valence-corrected chi connectivity index (χ4v) is 1.59. The van der Waals surface area contributed by atoms with Gasteiger partial charge in [-0.2, -0.15) is 0 Å². The van der Waals surface area contributed by atoms with Crippen molar-refractivity contribution in [3.63, 3.8) is 0 Å². The third kappa shape index (κ3) is 1.26. The van der Waals surface area contributed by atoms with Crippen molar-refractivity contribution in [2.45, 2.75) is 13.8 Å².